The summed E-state index contributed by atoms with van der Waals surface area (Å²) in [5, 5.41) is 49.0. The first-order chi connectivity index (χ1) is 63.7. The van der Waals surface area contributed by atoms with E-state index >= 15 is 43.2 Å². The van der Waals surface area contributed by atoms with Crippen LogP contribution in [-0.4, -0.2) is 317 Å². The van der Waals surface area contributed by atoms with Gasteiger partial charge >= 0.3 is 0 Å². The van der Waals surface area contributed by atoms with E-state index in [-0.39, 0.29) is 95.5 Å². The second-order valence-electron chi connectivity index (χ2n) is 33.7. The van der Waals surface area contributed by atoms with Crippen LogP contribution in [0, 0.1) is 0 Å². The highest BCUT2D eigenvalue weighted by atomic mass is 32.2. The van der Waals surface area contributed by atoms with Crippen LogP contribution in [0.25, 0.3) is 21.8 Å². The molecule has 7 heterocycles. The van der Waals surface area contributed by atoms with Crippen LogP contribution in [0.5, 0.6) is 5.75 Å². The number of phenolic OH excluding ortho intramolecular Hbond substituents is 1. The van der Waals surface area contributed by atoms with Crippen molar-refractivity contribution < 1.29 is 101 Å². The minimum atomic E-state index is -1.89. The summed E-state index contributed by atoms with van der Waals surface area (Å²) >= 11 is 0.796. The van der Waals surface area contributed by atoms with Gasteiger partial charge in [-0.15, -0.1) is 11.8 Å². The van der Waals surface area contributed by atoms with Crippen molar-refractivity contribution in [3.8, 4) is 5.75 Å². The number of para-hydroxylation sites is 2. The number of aromatic hydroxyl groups is 1. The fourth-order valence-corrected chi connectivity index (χ4v) is 17.6. The number of primary amides is 3. The van der Waals surface area contributed by atoms with Crippen LogP contribution in [0.2, 0.25) is 0 Å². The van der Waals surface area contributed by atoms with Crippen LogP contribution in [0.1, 0.15) is 133 Å². The number of ether oxygens (including phenoxy) is 1. The molecule has 10 rings (SSSR count). The Morgan fingerprint density at radius 3 is 1.64 bits per heavy atom. The number of amides is 18. The van der Waals surface area contributed by atoms with Crippen LogP contribution in [0.4, 0.5) is 0 Å². The number of hydrogen-bond donors (Lipinski definition) is 18. The topological polar surface area (TPSA) is 632 Å². The SMILES string of the molecule is CCCC[C@H]1C(=O)N(C)[C@@H](CCCC)C(=O)N[C@@H](C)C(=O)N[C@H](C(=O)NCC(N)=O)CSCC(=O)N[C@@H](Cc2ccc(O)cc2)C(=O)N2CCCC[C@H]2C(=O)N[C@@H](CC(N)=O)C(=O)N2CCC[C@H]2C(=O)N[C@@H](Cc2cnc[nH]2)C(=O)N[C@@H](CCC(N)=O)C(=O)N2CCOC[C@H]2C(=O)N[C@@H](Cc2c[nH]c3ccccc23)C(=O)N[C@@H](CO)C(=O)N[C@@H](Cc2c[nH]c3ccccc23)C(=O)N1C. The number of nitrogens with zero attached hydrogens (tertiary/aromatic N) is 6. The van der Waals surface area contributed by atoms with E-state index in [1.165, 1.54) is 62.7 Å². The predicted molar refractivity (Wildman–Crippen MR) is 483 cm³/mol. The number of likely N-dealkylation sites (N-methyl/N-ethyl adjacent to an activating group) is 2. The molecular weight excluding hydrogens is 1750 g/mol. The number of benzene rings is 3. The average molecular weight is 1870 g/mol. The minimum absolute atomic E-state index is 0.000796. The molecule has 0 radical (unpaired) electrons. The fourth-order valence-electron chi connectivity index (χ4n) is 16.8. The summed E-state index contributed by atoms with van der Waals surface area (Å²) < 4.78 is 5.81. The zero-order valence-corrected chi connectivity index (χ0v) is 75.7. The highest BCUT2D eigenvalue weighted by Gasteiger charge is 2.46. The first kappa shape index (κ1) is 102. The largest absolute Gasteiger partial charge is 0.508 e. The maximum absolute atomic E-state index is 15.6. The molecular formula is C89H120N22O21S. The number of aromatic amines is 3. The van der Waals surface area contributed by atoms with E-state index in [1.807, 2.05) is 13.8 Å². The van der Waals surface area contributed by atoms with Crippen LogP contribution < -0.4 is 70.4 Å². The molecule has 0 spiro atoms. The lowest BCUT2D eigenvalue weighted by Gasteiger charge is -2.38. The highest BCUT2D eigenvalue weighted by molar-refractivity contribution is 8.00. The molecule has 0 saturated carbocycles. The fraction of sp³-hybridized carbons (Fsp3) is 0.517. The number of phenols is 1. The van der Waals surface area contributed by atoms with E-state index in [2.05, 4.69) is 73.1 Å². The lowest BCUT2D eigenvalue weighted by Crippen LogP contribution is -2.64. The molecule has 43 nitrogen and oxygen atoms in total. The Labute approximate surface area is 770 Å². The summed E-state index contributed by atoms with van der Waals surface area (Å²) in [5.41, 5.74) is 19.8. The van der Waals surface area contributed by atoms with Crippen LogP contribution >= 0.6 is 11.8 Å². The predicted octanol–water partition coefficient (Wildman–Crippen LogP) is -3.15. The number of H-pyrrole nitrogens is 3. The van der Waals surface area contributed by atoms with E-state index in [0.717, 1.165) is 31.4 Å². The number of fused-ring (bicyclic) bond motifs is 5. The average Bonchev–Trinajstić information content (AvgIpc) is 1.79. The second-order valence-corrected chi connectivity index (χ2v) is 34.7. The number of carbonyl (C=O) groups is 18. The van der Waals surface area contributed by atoms with Gasteiger partial charge in [0.2, 0.25) is 106 Å². The number of morpholine rings is 1. The van der Waals surface area contributed by atoms with Gasteiger partial charge in [-0.1, -0.05) is 88.1 Å². The lowest BCUT2D eigenvalue weighted by atomic mass is 9.97. The molecule has 6 aromatic rings. The zero-order valence-electron chi connectivity index (χ0n) is 74.9. The van der Waals surface area contributed by atoms with E-state index in [0.29, 0.717) is 77.0 Å². The Bertz CT molecular complexity index is 5190. The van der Waals surface area contributed by atoms with Gasteiger partial charge in [-0.3, -0.25) is 86.3 Å². The van der Waals surface area contributed by atoms with Gasteiger partial charge in [0.15, 0.2) is 0 Å². The van der Waals surface area contributed by atoms with Gasteiger partial charge in [0.25, 0.3) is 0 Å². The molecule has 44 heteroatoms. The molecule has 21 N–H and O–H groups in total. The Kier molecular flexibility index (Phi) is 37.1. The van der Waals surface area contributed by atoms with Crippen molar-refractivity contribution in [2.75, 3.05) is 71.6 Å². The minimum Gasteiger partial charge on any atom is -0.508 e. The Morgan fingerprint density at radius 1 is 0.511 bits per heavy atom. The molecule has 4 saturated heterocycles. The maximum Gasteiger partial charge on any atom is 0.246 e. The third-order valence-electron chi connectivity index (χ3n) is 24.1. The van der Waals surface area contributed by atoms with Crippen molar-refractivity contribution in [3.05, 3.63) is 120 Å². The molecule has 0 unspecified atom stereocenters. The van der Waals surface area contributed by atoms with Crippen molar-refractivity contribution >= 4 is 140 Å². The van der Waals surface area contributed by atoms with Gasteiger partial charge in [0.1, 0.15) is 90.3 Å². The van der Waals surface area contributed by atoms with Crippen LogP contribution in [-0.2, 0) is 117 Å². The molecule has 14 atom stereocenters. The summed E-state index contributed by atoms with van der Waals surface area (Å²) in [6, 6.07) is -2.06. The normalized spacial score (nSPS) is 25.0. The van der Waals surface area contributed by atoms with Gasteiger partial charge < -0.3 is 125 Å². The molecule has 4 aliphatic rings. The standard InChI is InChI=1S/C89H120N22O21S/c1-6-8-21-67-81(123)98-49(3)76(118)106-66(77(119)96-43-74(92)116)46-133-47-75(117)99-62(35-50-25-27-54(113)28-26-50)87(129)109-31-15-14-23-68(109)83(125)104-64(39-73(91)115)88(130)110-32-16-24-69(110)82(124)102-61(38-53-42-93-48-97-53)79(121)100-59(29-30-72(90)114)86(128)111-33-34-132-45-71(111)84(126)101-60(36-51-40-94-57-19-12-10-17-55(51)57)78(120)105-65(44-112)80(122)103-63(37-52-41-95-58-20-13-11-18-56(52)58)85(127)108(5)70(22-9-7-2)89(131)107(67)4/h10-13,17-20,25-28,40-42,48-49,59-71,94-95,112-113H,6-9,14-16,21-24,29-39,43-47H2,1-5H3,(H2,90,114)(H2,91,115)(H2,92,116)(H,93,97)(H,96,119)(H,98,123)(H,99,117)(H,100,121)(H,101,126)(H,102,124)(H,103,122)(H,104,125)(H,105,120)(H,106,118)/t49-,59-,60-,61-,62-,63-,64-,65-,66-,67-,68-,69-,70-,71-/m0/s1. The van der Waals surface area contributed by atoms with E-state index in [1.54, 1.807) is 60.9 Å². The van der Waals surface area contributed by atoms with Crippen molar-refractivity contribution in [1.82, 2.24) is 97.6 Å². The number of aliphatic hydroxyl groups is 1. The quantitative estimate of drug-likeness (QED) is 0.0301. The highest BCUT2D eigenvalue weighted by Crippen LogP contribution is 2.28. The molecule has 18 amide bonds. The van der Waals surface area contributed by atoms with E-state index in [9.17, 15) is 53.4 Å². The monoisotopic (exact) mass is 1860 g/mol. The van der Waals surface area contributed by atoms with E-state index < -0.39 is 241 Å². The number of unbranched alkanes of at least 4 members (excludes halogenated alkanes) is 2. The van der Waals surface area contributed by atoms with Crippen LogP contribution in [0.15, 0.2) is 97.7 Å². The second kappa shape index (κ2) is 48.6. The van der Waals surface area contributed by atoms with E-state index in [4.69, 9.17) is 21.9 Å². The van der Waals surface area contributed by atoms with Gasteiger partial charge in [-0.2, -0.15) is 0 Å². The number of carbonyl (C=O) groups excluding carboxylic acids is 18. The van der Waals surface area contributed by atoms with Gasteiger partial charge in [-0.05, 0) is 99.2 Å². The Hall–Kier alpha value is -13.5. The summed E-state index contributed by atoms with van der Waals surface area (Å²) in [5.74, 6) is -17.9. The number of rotatable bonds is 23. The van der Waals surface area contributed by atoms with Gasteiger partial charge in [-0.25, -0.2) is 4.98 Å². The number of aromatic nitrogens is 4. The maximum atomic E-state index is 15.6. The number of aliphatic hydroxyl groups excluding tert-OH is 1. The Balaban J connectivity index is 1.01. The summed E-state index contributed by atoms with van der Waals surface area (Å²) in [6.07, 6.45) is 5.48. The summed E-state index contributed by atoms with van der Waals surface area (Å²) in [4.78, 5) is 281. The Morgan fingerprint density at radius 2 is 1.04 bits per heavy atom. The molecule has 718 valence electrons. The van der Waals surface area contributed by atoms with Crippen LogP contribution in [0.3, 0.4) is 0 Å². The van der Waals surface area contributed by atoms with Crippen molar-refractivity contribution in [1.29, 1.82) is 0 Å². The first-order valence-corrected chi connectivity index (χ1v) is 45.7. The number of imidazole rings is 1. The third-order valence-corrected chi connectivity index (χ3v) is 25.1. The number of piperidine rings is 1. The number of nitrogens with one attached hydrogen (secondary N) is 13. The van der Waals surface area contributed by atoms with Gasteiger partial charge in [0, 0.05) is 118 Å². The molecule has 3 aromatic carbocycles. The molecule has 3 aromatic heterocycles. The van der Waals surface area contributed by atoms with Crippen molar-refractivity contribution in [3.63, 3.8) is 0 Å². The number of thioether (sulfide) groups is 1. The van der Waals surface area contributed by atoms with Crippen molar-refractivity contribution in [2.24, 2.45) is 17.2 Å². The summed E-state index contributed by atoms with van der Waals surface area (Å²) in [6.45, 7) is 1.97. The molecule has 4 aliphatic heterocycles. The molecule has 133 heavy (non-hydrogen) atoms. The molecule has 0 bridgehead atoms. The first-order valence-electron chi connectivity index (χ1n) is 44.6. The summed E-state index contributed by atoms with van der Waals surface area (Å²) in [7, 11) is 2.70. The number of nitrogens with two attached hydrogens (primary N) is 3. The number of hydrogen-bond acceptors (Lipinski definition) is 23. The molecule has 0 aliphatic carbocycles. The van der Waals surface area contributed by atoms with Crippen molar-refractivity contribution in [2.45, 2.75) is 221 Å². The lowest BCUT2D eigenvalue weighted by molar-refractivity contribution is -0.152. The smallest absolute Gasteiger partial charge is 0.246 e. The molecule has 4 fully saturated rings. The van der Waals surface area contributed by atoms with Gasteiger partial charge in [0.05, 0.1) is 44.9 Å². The third kappa shape index (κ3) is 27.6. The zero-order chi connectivity index (χ0) is 96.3.